The smallest absolute Gasteiger partial charge is 0.118 e. The summed E-state index contributed by atoms with van der Waals surface area (Å²) in [6.45, 7) is 0. The maximum Gasteiger partial charge on any atom is 0.118 e. The Kier molecular flexibility index (Phi) is 5.01. The van der Waals surface area contributed by atoms with Crippen molar-refractivity contribution < 1.29 is 5.11 Å². The van der Waals surface area contributed by atoms with Crippen molar-refractivity contribution in [3.8, 4) is 5.75 Å². The molecule has 0 amide bonds. The van der Waals surface area contributed by atoms with Gasteiger partial charge in [-0.15, -0.1) is 12.4 Å². The van der Waals surface area contributed by atoms with Gasteiger partial charge < -0.3 is 10.8 Å². The zero-order chi connectivity index (χ0) is 11.4. The molecule has 0 saturated carbocycles. The Labute approximate surface area is 108 Å². The van der Waals surface area contributed by atoms with E-state index in [4.69, 9.17) is 5.73 Å². The first-order chi connectivity index (χ1) is 7.77. The predicted molar refractivity (Wildman–Crippen MR) is 72.4 cm³/mol. The van der Waals surface area contributed by atoms with Crippen LogP contribution < -0.4 is 5.73 Å². The normalized spacial score (nSPS) is 11.6. The Bertz CT molecular complexity index is 459. The van der Waals surface area contributed by atoms with Crippen LogP contribution in [0.2, 0.25) is 0 Å². The fourth-order valence-corrected chi connectivity index (χ4v) is 1.74. The van der Waals surface area contributed by atoms with Gasteiger partial charge in [0.1, 0.15) is 5.75 Å². The second-order valence-electron chi connectivity index (χ2n) is 3.85. The summed E-state index contributed by atoms with van der Waals surface area (Å²) in [6.07, 6.45) is 0.649. The maximum absolute atomic E-state index is 9.65. The standard InChI is InChI=1S/C14H15NO.ClH/c15-13(11-6-2-1-3-7-11)10-12-8-4-5-9-14(12)16;/h1-9,13,16H,10,15H2;1H. The summed E-state index contributed by atoms with van der Waals surface area (Å²) in [6, 6.07) is 17.2. The second-order valence-corrected chi connectivity index (χ2v) is 3.85. The minimum absolute atomic E-state index is 0. The number of nitrogens with two attached hydrogens (primary N) is 1. The van der Waals surface area contributed by atoms with Crippen LogP contribution in [0.15, 0.2) is 54.6 Å². The molecular weight excluding hydrogens is 234 g/mol. The summed E-state index contributed by atoms with van der Waals surface area (Å²) in [4.78, 5) is 0. The van der Waals surface area contributed by atoms with Gasteiger partial charge in [0, 0.05) is 6.04 Å². The summed E-state index contributed by atoms with van der Waals surface area (Å²) < 4.78 is 0. The number of hydrogen-bond acceptors (Lipinski definition) is 2. The Balaban J connectivity index is 0.00000144. The minimum atomic E-state index is -0.0745. The van der Waals surface area contributed by atoms with Crippen LogP contribution in [0.1, 0.15) is 17.2 Å². The Hall–Kier alpha value is -1.51. The number of para-hydroxylation sites is 1. The molecule has 0 aliphatic heterocycles. The van der Waals surface area contributed by atoms with Gasteiger partial charge in [-0.05, 0) is 23.6 Å². The van der Waals surface area contributed by atoms with Crippen LogP contribution >= 0.6 is 12.4 Å². The van der Waals surface area contributed by atoms with E-state index in [1.165, 1.54) is 0 Å². The average Bonchev–Trinajstić information content (AvgIpc) is 2.33. The minimum Gasteiger partial charge on any atom is -0.508 e. The SMILES string of the molecule is Cl.NC(Cc1ccccc1O)c1ccccc1. The highest BCUT2D eigenvalue weighted by Crippen LogP contribution is 2.22. The van der Waals surface area contributed by atoms with Crippen molar-refractivity contribution in [2.75, 3.05) is 0 Å². The molecule has 0 spiro atoms. The predicted octanol–water partition coefficient (Wildman–Crippen LogP) is 3.06. The van der Waals surface area contributed by atoms with Gasteiger partial charge in [0.05, 0.1) is 0 Å². The van der Waals surface area contributed by atoms with Gasteiger partial charge >= 0.3 is 0 Å². The van der Waals surface area contributed by atoms with E-state index < -0.39 is 0 Å². The van der Waals surface area contributed by atoms with Gasteiger partial charge in [-0.2, -0.15) is 0 Å². The molecule has 0 aromatic heterocycles. The number of rotatable bonds is 3. The van der Waals surface area contributed by atoms with Crippen molar-refractivity contribution in [1.29, 1.82) is 0 Å². The summed E-state index contributed by atoms with van der Waals surface area (Å²) in [5.74, 6) is 0.314. The van der Waals surface area contributed by atoms with Crippen molar-refractivity contribution in [2.24, 2.45) is 5.73 Å². The summed E-state index contributed by atoms with van der Waals surface area (Å²) in [5, 5.41) is 9.65. The summed E-state index contributed by atoms with van der Waals surface area (Å²) in [5.41, 5.74) is 8.06. The lowest BCUT2D eigenvalue weighted by molar-refractivity contribution is 0.465. The summed E-state index contributed by atoms with van der Waals surface area (Å²) in [7, 11) is 0. The summed E-state index contributed by atoms with van der Waals surface area (Å²) >= 11 is 0. The fourth-order valence-electron chi connectivity index (χ4n) is 1.74. The van der Waals surface area contributed by atoms with Crippen molar-refractivity contribution in [2.45, 2.75) is 12.5 Å². The zero-order valence-corrected chi connectivity index (χ0v) is 10.2. The number of halogens is 1. The van der Waals surface area contributed by atoms with E-state index in [1.54, 1.807) is 6.07 Å². The van der Waals surface area contributed by atoms with Crippen molar-refractivity contribution in [3.05, 3.63) is 65.7 Å². The molecule has 2 nitrogen and oxygen atoms in total. The molecule has 0 radical (unpaired) electrons. The molecular formula is C14H16ClNO. The highest BCUT2D eigenvalue weighted by atomic mass is 35.5. The van der Waals surface area contributed by atoms with Crippen LogP contribution in [0.25, 0.3) is 0 Å². The molecule has 0 heterocycles. The highest BCUT2D eigenvalue weighted by molar-refractivity contribution is 5.85. The van der Waals surface area contributed by atoms with Gasteiger partial charge in [-0.3, -0.25) is 0 Å². The number of phenolic OH excluding ortho intramolecular Hbond substituents is 1. The van der Waals surface area contributed by atoms with Crippen molar-refractivity contribution in [3.63, 3.8) is 0 Å². The molecule has 3 N–H and O–H groups in total. The fraction of sp³-hybridized carbons (Fsp3) is 0.143. The number of hydrogen-bond donors (Lipinski definition) is 2. The third-order valence-corrected chi connectivity index (χ3v) is 2.66. The van der Waals surface area contributed by atoms with Gasteiger partial charge in [-0.25, -0.2) is 0 Å². The van der Waals surface area contributed by atoms with Crippen LogP contribution in [-0.2, 0) is 6.42 Å². The van der Waals surface area contributed by atoms with Crippen LogP contribution in [0.5, 0.6) is 5.75 Å². The molecule has 3 heteroatoms. The Morgan fingerprint density at radius 1 is 0.941 bits per heavy atom. The second kappa shape index (κ2) is 6.28. The van der Waals surface area contributed by atoms with E-state index in [1.807, 2.05) is 48.5 Å². The lowest BCUT2D eigenvalue weighted by atomic mass is 9.99. The van der Waals surface area contributed by atoms with Crippen LogP contribution in [-0.4, -0.2) is 5.11 Å². The van der Waals surface area contributed by atoms with E-state index in [0.29, 0.717) is 12.2 Å². The van der Waals surface area contributed by atoms with E-state index in [9.17, 15) is 5.11 Å². The first-order valence-corrected chi connectivity index (χ1v) is 5.35. The maximum atomic E-state index is 9.65. The van der Waals surface area contributed by atoms with Gasteiger partial charge in [-0.1, -0.05) is 48.5 Å². The van der Waals surface area contributed by atoms with Crippen LogP contribution in [0.4, 0.5) is 0 Å². The van der Waals surface area contributed by atoms with Crippen LogP contribution in [0, 0.1) is 0 Å². The third kappa shape index (κ3) is 3.48. The number of phenols is 1. The molecule has 1 unspecified atom stereocenters. The lowest BCUT2D eigenvalue weighted by Gasteiger charge is -2.12. The zero-order valence-electron chi connectivity index (χ0n) is 9.41. The first-order valence-electron chi connectivity index (χ1n) is 5.35. The third-order valence-electron chi connectivity index (χ3n) is 2.66. The molecule has 1 atom stereocenters. The monoisotopic (exact) mass is 249 g/mol. The highest BCUT2D eigenvalue weighted by Gasteiger charge is 2.08. The van der Waals surface area contributed by atoms with E-state index >= 15 is 0 Å². The molecule has 2 rings (SSSR count). The van der Waals surface area contributed by atoms with Crippen molar-refractivity contribution >= 4 is 12.4 Å². The van der Waals surface area contributed by atoms with Crippen molar-refractivity contribution in [1.82, 2.24) is 0 Å². The number of aromatic hydroxyl groups is 1. The van der Waals surface area contributed by atoms with Crippen LogP contribution in [0.3, 0.4) is 0 Å². The Morgan fingerprint density at radius 2 is 1.53 bits per heavy atom. The molecule has 90 valence electrons. The average molecular weight is 250 g/mol. The first kappa shape index (κ1) is 13.6. The van der Waals surface area contributed by atoms with E-state index in [-0.39, 0.29) is 18.4 Å². The molecule has 0 aliphatic rings. The van der Waals surface area contributed by atoms with Gasteiger partial charge in [0.25, 0.3) is 0 Å². The topological polar surface area (TPSA) is 46.2 Å². The van der Waals surface area contributed by atoms with Gasteiger partial charge in [0.15, 0.2) is 0 Å². The molecule has 0 bridgehead atoms. The number of benzene rings is 2. The quantitative estimate of drug-likeness (QED) is 0.878. The molecule has 0 fully saturated rings. The molecule has 17 heavy (non-hydrogen) atoms. The lowest BCUT2D eigenvalue weighted by Crippen LogP contribution is -2.13. The Morgan fingerprint density at radius 3 is 2.18 bits per heavy atom. The van der Waals surface area contributed by atoms with Gasteiger partial charge in [0.2, 0.25) is 0 Å². The van der Waals surface area contributed by atoms with E-state index in [2.05, 4.69) is 0 Å². The molecule has 2 aromatic rings. The largest absolute Gasteiger partial charge is 0.508 e. The van der Waals surface area contributed by atoms with E-state index in [0.717, 1.165) is 11.1 Å². The molecule has 0 saturated heterocycles. The molecule has 0 aliphatic carbocycles. The molecule has 2 aromatic carbocycles.